The molecule has 0 bridgehead atoms. The number of rotatable bonds is 4. The molecule has 0 aliphatic rings. The highest BCUT2D eigenvalue weighted by molar-refractivity contribution is 6.39. The SMILES string of the molecule is CCn1c(-c2c(F)cc(F)cc2F)c(N=CC(Cl)=CN)cc(Cl)c1=O. The van der Waals surface area contributed by atoms with E-state index in [4.69, 9.17) is 28.9 Å². The van der Waals surface area contributed by atoms with Gasteiger partial charge in [-0.25, -0.2) is 13.2 Å². The summed E-state index contributed by atoms with van der Waals surface area (Å²) in [5, 5.41) is -0.148. The van der Waals surface area contributed by atoms with Crippen LogP contribution in [0.25, 0.3) is 11.3 Å². The molecule has 2 rings (SSSR count). The van der Waals surface area contributed by atoms with E-state index in [1.807, 2.05) is 0 Å². The van der Waals surface area contributed by atoms with E-state index >= 15 is 0 Å². The number of nitrogens with zero attached hydrogens (tertiary/aromatic N) is 2. The molecule has 4 nitrogen and oxygen atoms in total. The summed E-state index contributed by atoms with van der Waals surface area (Å²) >= 11 is 11.6. The number of hydrogen-bond donors (Lipinski definition) is 1. The highest BCUT2D eigenvalue weighted by atomic mass is 35.5. The zero-order valence-electron chi connectivity index (χ0n) is 12.9. The fourth-order valence-corrected chi connectivity index (χ4v) is 2.48. The van der Waals surface area contributed by atoms with Crippen LogP contribution < -0.4 is 11.3 Å². The molecular weight excluding hydrogens is 378 g/mol. The summed E-state index contributed by atoms with van der Waals surface area (Å²) in [4.78, 5) is 16.2. The van der Waals surface area contributed by atoms with Crippen LogP contribution in [0.5, 0.6) is 0 Å². The molecule has 25 heavy (non-hydrogen) atoms. The average molecular weight is 390 g/mol. The van der Waals surface area contributed by atoms with Crippen molar-refractivity contribution in [2.45, 2.75) is 13.5 Å². The van der Waals surface area contributed by atoms with Crippen molar-refractivity contribution < 1.29 is 13.2 Å². The van der Waals surface area contributed by atoms with Gasteiger partial charge in [0.2, 0.25) is 0 Å². The minimum absolute atomic E-state index is 0.0316. The summed E-state index contributed by atoms with van der Waals surface area (Å²) in [6.45, 7) is 1.63. The molecule has 0 radical (unpaired) electrons. The highest BCUT2D eigenvalue weighted by Gasteiger charge is 2.22. The number of nitrogens with two attached hydrogens (primary N) is 1. The lowest BCUT2D eigenvalue weighted by molar-refractivity contribution is 0.545. The summed E-state index contributed by atoms with van der Waals surface area (Å²) in [5.74, 6) is -3.45. The molecule has 0 spiro atoms. The fraction of sp³-hybridized carbons (Fsp3) is 0.125. The van der Waals surface area contributed by atoms with E-state index in [1.54, 1.807) is 6.92 Å². The third-order valence-corrected chi connectivity index (χ3v) is 3.77. The lowest BCUT2D eigenvalue weighted by Crippen LogP contribution is -2.22. The van der Waals surface area contributed by atoms with Gasteiger partial charge in [-0.15, -0.1) is 0 Å². The fourth-order valence-electron chi connectivity index (χ4n) is 2.22. The van der Waals surface area contributed by atoms with Gasteiger partial charge in [0, 0.05) is 31.1 Å². The monoisotopic (exact) mass is 389 g/mol. The summed E-state index contributed by atoms with van der Waals surface area (Å²) in [6.07, 6.45) is 2.18. The molecule has 0 aliphatic heterocycles. The van der Waals surface area contributed by atoms with Gasteiger partial charge in [0.05, 0.1) is 22.0 Å². The Labute approximate surface area is 151 Å². The number of aliphatic imine (C=N–C) groups is 1. The van der Waals surface area contributed by atoms with Crippen molar-refractivity contribution in [1.29, 1.82) is 0 Å². The quantitative estimate of drug-likeness (QED) is 0.790. The third-order valence-electron chi connectivity index (χ3n) is 3.27. The molecule has 0 amide bonds. The molecule has 2 N–H and O–H groups in total. The van der Waals surface area contributed by atoms with Crippen LogP contribution >= 0.6 is 23.2 Å². The Bertz CT molecular complexity index is 916. The summed E-state index contributed by atoms with van der Waals surface area (Å²) in [5.41, 5.74) is 3.75. The van der Waals surface area contributed by atoms with Gasteiger partial charge in [-0.05, 0) is 13.0 Å². The Kier molecular flexibility index (Phi) is 5.92. The standard InChI is InChI=1S/C16H12Cl2F3N3O/c1-2-24-15(14-11(20)3-9(19)4-12(14)21)13(5-10(18)16(24)25)23-7-8(17)6-22/h3-7H,2,22H2,1H3. The first kappa shape index (κ1) is 19.1. The average Bonchev–Trinajstić information content (AvgIpc) is 2.55. The van der Waals surface area contributed by atoms with E-state index in [0.717, 1.165) is 23.0 Å². The number of benzene rings is 1. The Morgan fingerprint density at radius 2 is 1.88 bits per heavy atom. The molecule has 9 heteroatoms. The van der Waals surface area contributed by atoms with E-state index < -0.39 is 28.6 Å². The lowest BCUT2D eigenvalue weighted by atomic mass is 10.1. The molecule has 0 unspecified atom stereocenters. The molecule has 0 aliphatic carbocycles. The number of hydrogen-bond acceptors (Lipinski definition) is 3. The van der Waals surface area contributed by atoms with Crippen LogP contribution in [0.2, 0.25) is 5.02 Å². The second-order valence-electron chi connectivity index (χ2n) is 4.83. The zero-order valence-corrected chi connectivity index (χ0v) is 14.4. The minimum Gasteiger partial charge on any atom is -0.403 e. The molecule has 132 valence electrons. The molecule has 0 saturated carbocycles. The minimum atomic E-state index is -1.18. The smallest absolute Gasteiger partial charge is 0.269 e. The van der Waals surface area contributed by atoms with Crippen LogP contribution in [-0.2, 0) is 6.54 Å². The van der Waals surface area contributed by atoms with Crippen molar-refractivity contribution >= 4 is 35.1 Å². The van der Waals surface area contributed by atoms with Gasteiger partial charge in [-0.3, -0.25) is 9.79 Å². The number of pyridine rings is 1. The van der Waals surface area contributed by atoms with E-state index in [9.17, 15) is 18.0 Å². The van der Waals surface area contributed by atoms with Crippen molar-refractivity contribution in [3.8, 4) is 11.3 Å². The maximum Gasteiger partial charge on any atom is 0.269 e. The first-order valence-corrected chi connectivity index (χ1v) is 7.75. The summed E-state index contributed by atoms with van der Waals surface area (Å²) < 4.78 is 42.8. The molecule has 1 heterocycles. The third kappa shape index (κ3) is 3.88. The van der Waals surface area contributed by atoms with Crippen LogP contribution in [0.1, 0.15) is 6.92 Å². The van der Waals surface area contributed by atoms with Crippen molar-refractivity contribution in [2.75, 3.05) is 0 Å². The molecule has 1 aromatic heterocycles. The summed E-state index contributed by atoms with van der Waals surface area (Å²) in [6, 6.07) is 2.17. The number of aromatic nitrogens is 1. The van der Waals surface area contributed by atoms with Gasteiger partial charge in [-0.2, -0.15) is 0 Å². The first-order valence-electron chi connectivity index (χ1n) is 6.99. The van der Waals surface area contributed by atoms with Crippen LogP contribution in [0.4, 0.5) is 18.9 Å². The van der Waals surface area contributed by atoms with Crippen molar-refractivity contribution in [2.24, 2.45) is 10.7 Å². The molecule has 0 fully saturated rings. The Balaban J connectivity index is 2.90. The van der Waals surface area contributed by atoms with Gasteiger partial charge >= 0.3 is 0 Å². The second kappa shape index (κ2) is 7.76. The van der Waals surface area contributed by atoms with E-state index in [2.05, 4.69) is 4.99 Å². The number of halogens is 5. The molecule has 2 aromatic rings. The Hall–Kier alpha value is -2.25. The predicted molar refractivity (Wildman–Crippen MR) is 93.0 cm³/mol. The topological polar surface area (TPSA) is 60.4 Å². The second-order valence-corrected chi connectivity index (χ2v) is 5.67. The van der Waals surface area contributed by atoms with Crippen LogP contribution in [-0.4, -0.2) is 10.8 Å². The predicted octanol–water partition coefficient (Wildman–Crippen LogP) is 4.35. The van der Waals surface area contributed by atoms with Crippen LogP contribution in [0, 0.1) is 17.5 Å². The maximum absolute atomic E-state index is 14.3. The highest BCUT2D eigenvalue weighted by Crippen LogP contribution is 2.35. The molecule has 1 aromatic carbocycles. The van der Waals surface area contributed by atoms with Crippen molar-refractivity contribution in [3.63, 3.8) is 0 Å². The first-order chi connectivity index (χ1) is 11.8. The van der Waals surface area contributed by atoms with Crippen molar-refractivity contribution in [1.82, 2.24) is 4.57 Å². The molecular formula is C16H12Cl2F3N3O. The normalized spacial score (nSPS) is 12.2. The largest absolute Gasteiger partial charge is 0.403 e. The molecule has 0 atom stereocenters. The van der Waals surface area contributed by atoms with E-state index in [-0.39, 0.29) is 28.0 Å². The zero-order chi connectivity index (χ0) is 18.7. The van der Waals surface area contributed by atoms with Crippen molar-refractivity contribution in [3.05, 3.63) is 62.3 Å². The van der Waals surface area contributed by atoms with Crippen LogP contribution in [0.3, 0.4) is 0 Å². The van der Waals surface area contributed by atoms with Gasteiger partial charge in [0.15, 0.2) is 0 Å². The van der Waals surface area contributed by atoms with Crippen LogP contribution in [0.15, 0.2) is 39.2 Å². The lowest BCUT2D eigenvalue weighted by Gasteiger charge is -2.16. The molecule has 0 saturated heterocycles. The number of allylic oxidation sites excluding steroid dienone is 1. The van der Waals surface area contributed by atoms with E-state index in [1.165, 1.54) is 0 Å². The van der Waals surface area contributed by atoms with Gasteiger partial charge < -0.3 is 10.3 Å². The van der Waals surface area contributed by atoms with Gasteiger partial charge in [0.1, 0.15) is 22.5 Å². The summed E-state index contributed by atoms with van der Waals surface area (Å²) in [7, 11) is 0. The van der Waals surface area contributed by atoms with E-state index in [0.29, 0.717) is 12.1 Å². The van der Waals surface area contributed by atoms with Gasteiger partial charge in [-0.1, -0.05) is 23.2 Å². The Morgan fingerprint density at radius 3 is 2.40 bits per heavy atom. The Morgan fingerprint density at radius 1 is 1.28 bits per heavy atom. The van der Waals surface area contributed by atoms with Gasteiger partial charge in [0.25, 0.3) is 5.56 Å². The maximum atomic E-state index is 14.3.